The zero-order chi connectivity index (χ0) is 25.3. The molecule has 1 amide bonds. The maximum absolute atomic E-state index is 13.5. The molecule has 2 saturated heterocycles. The van der Waals surface area contributed by atoms with E-state index in [1.165, 1.54) is 17.7 Å². The van der Waals surface area contributed by atoms with Crippen molar-refractivity contribution in [1.82, 2.24) is 4.98 Å². The number of aryl methyl sites for hydroxylation is 1. The lowest BCUT2D eigenvalue weighted by atomic mass is 9.93. The lowest BCUT2D eigenvalue weighted by molar-refractivity contribution is -0.0267. The third kappa shape index (κ3) is 4.44. The molecule has 192 valence electrons. The Kier molecular flexibility index (Phi) is 5.34. The molecular weight excluding hydrogens is 484 g/mol. The van der Waals surface area contributed by atoms with Crippen molar-refractivity contribution in [3.05, 3.63) is 41.5 Å². The minimum absolute atomic E-state index is 0.107. The van der Waals surface area contributed by atoms with E-state index in [9.17, 15) is 17.8 Å². The van der Waals surface area contributed by atoms with Crippen LogP contribution in [0.3, 0.4) is 0 Å². The van der Waals surface area contributed by atoms with E-state index in [0.717, 1.165) is 44.3 Å². The Bertz CT molecular complexity index is 1320. The SMILES string of the molecule is Cc1cc(NC(=O)c2ccc([S@@](=N)(=O)C3CC3)cc2N2CCC3(CC2)CC3)nc(N2CC(F)(F)C2)c1. The van der Waals surface area contributed by atoms with E-state index in [-0.39, 0.29) is 24.2 Å². The van der Waals surface area contributed by atoms with Gasteiger partial charge < -0.3 is 15.1 Å². The Morgan fingerprint density at radius 2 is 1.78 bits per heavy atom. The summed E-state index contributed by atoms with van der Waals surface area (Å²) in [6.07, 6.45) is 6.27. The molecule has 7 nitrogen and oxygen atoms in total. The molecular formula is C26H31F2N5O2S. The predicted octanol–water partition coefficient (Wildman–Crippen LogP) is 5.05. The average molecular weight is 516 g/mol. The number of piperidine rings is 1. The van der Waals surface area contributed by atoms with Gasteiger partial charge in [-0.15, -0.1) is 0 Å². The summed E-state index contributed by atoms with van der Waals surface area (Å²) < 4.78 is 48.4. The molecule has 2 aliphatic carbocycles. The van der Waals surface area contributed by atoms with Crippen molar-refractivity contribution < 1.29 is 17.8 Å². The van der Waals surface area contributed by atoms with E-state index in [2.05, 4.69) is 15.2 Å². The van der Waals surface area contributed by atoms with E-state index in [0.29, 0.717) is 33.2 Å². The number of pyridine rings is 1. The van der Waals surface area contributed by atoms with Crippen LogP contribution in [0, 0.1) is 17.1 Å². The third-order valence-electron chi connectivity index (χ3n) is 8.05. The maximum atomic E-state index is 13.5. The highest BCUT2D eigenvalue weighted by atomic mass is 32.2. The van der Waals surface area contributed by atoms with E-state index in [1.807, 2.05) is 6.92 Å². The Labute approximate surface area is 210 Å². The number of alkyl halides is 2. The van der Waals surface area contributed by atoms with E-state index >= 15 is 0 Å². The molecule has 2 aromatic rings. The Morgan fingerprint density at radius 1 is 1.08 bits per heavy atom. The number of nitrogens with one attached hydrogen (secondary N) is 2. The molecule has 1 aromatic heterocycles. The summed E-state index contributed by atoms with van der Waals surface area (Å²) >= 11 is 0. The van der Waals surface area contributed by atoms with Gasteiger partial charge in [0, 0.05) is 23.2 Å². The Balaban J connectivity index is 1.29. The van der Waals surface area contributed by atoms with Crippen LogP contribution < -0.4 is 15.1 Å². The highest BCUT2D eigenvalue weighted by Gasteiger charge is 2.45. The highest BCUT2D eigenvalue weighted by Crippen LogP contribution is 2.54. The summed E-state index contributed by atoms with van der Waals surface area (Å²) in [5, 5.41) is 2.75. The number of amides is 1. The quantitative estimate of drug-likeness (QED) is 0.562. The van der Waals surface area contributed by atoms with Crippen molar-refractivity contribution in [2.75, 3.05) is 41.3 Å². The average Bonchev–Trinajstić information content (AvgIpc) is 3.73. The number of nitrogens with zero attached hydrogens (tertiary/aromatic N) is 3. The number of carbonyl (C=O) groups excluding carboxylic acids is 1. The fourth-order valence-electron chi connectivity index (χ4n) is 5.38. The summed E-state index contributed by atoms with van der Waals surface area (Å²) in [5.41, 5.74) is 2.42. The number of carbonyl (C=O) groups is 1. The van der Waals surface area contributed by atoms with Crippen LogP contribution in [0.4, 0.5) is 26.1 Å². The number of hydrogen-bond donors (Lipinski definition) is 2. The molecule has 1 spiro atoms. The monoisotopic (exact) mass is 515 g/mol. The fourth-order valence-corrected chi connectivity index (χ4v) is 7.12. The number of rotatable bonds is 6. The van der Waals surface area contributed by atoms with Gasteiger partial charge in [-0.2, -0.15) is 0 Å². The second-order valence-electron chi connectivity index (χ2n) is 11.0. The molecule has 3 heterocycles. The highest BCUT2D eigenvalue weighted by molar-refractivity contribution is 7.93. The first kappa shape index (κ1) is 23.6. The smallest absolute Gasteiger partial charge is 0.282 e. The molecule has 10 heteroatoms. The zero-order valence-electron chi connectivity index (χ0n) is 20.4. The lowest BCUT2D eigenvalue weighted by Crippen LogP contribution is -2.56. The Morgan fingerprint density at radius 3 is 2.39 bits per heavy atom. The second kappa shape index (κ2) is 8.13. The fraction of sp³-hybridized carbons (Fsp3) is 0.538. The van der Waals surface area contributed by atoms with Gasteiger partial charge in [0.2, 0.25) is 0 Å². The summed E-state index contributed by atoms with van der Waals surface area (Å²) in [5.74, 6) is -2.35. The summed E-state index contributed by atoms with van der Waals surface area (Å²) in [6, 6.07) is 8.55. The predicted molar refractivity (Wildman–Crippen MR) is 136 cm³/mol. The molecule has 2 aliphatic heterocycles. The van der Waals surface area contributed by atoms with Crippen molar-refractivity contribution >= 4 is 33.0 Å². The molecule has 0 unspecified atom stereocenters. The minimum Gasteiger partial charge on any atom is -0.371 e. The van der Waals surface area contributed by atoms with Crippen molar-refractivity contribution in [2.45, 2.75) is 61.5 Å². The van der Waals surface area contributed by atoms with E-state index < -0.39 is 15.7 Å². The normalized spacial score (nSPS) is 23.6. The second-order valence-corrected chi connectivity index (χ2v) is 13.4. The third-order valence-corrected chi connectivity index (χ3v) is 10.4. The number of benzene rings is 1. The van der Waals surface area contributed by atoms with Crippen LogP contribution in [-0.4, -0.2) is 52.5 Å². The van der Waals surface area contributed by atoms with Gasteiger partial charge in [0.25, 0.3) is 11.8 Å². The molecule has 4 aliphatic rings. The number of anilines is 3. The van der Waals surface area contributed by atoms with Crippen molar-refractivity contribution in [2.24, 2.45) is 5.41 Å². The number of hydrogen-bond acceptors (Lipinski definition) is 6. The van der Waals surface area contributed by atoms with Crippen LogP contribution in [-0.2, 0) is 9.73 Å². The van der Waals surface area contributed by atoms with Gasteiger partial charge in [0.1, 0.15) is 11.6 Å². The first-order valence-corrected chi connectivity index (χ1v) is 14.3. The van der Waals surface area contributed by atoms with Crippen molar-refractivity contribution in [3.63, 3.8) is 0 Å². The largest absolute Gasteiger partial charge is 0.371 e. The lowest BCUT2D eigenvalue weighted by Gasteiger charge is -2.39. The number of halogens is 2. The first-order chi connectivity index (χ1) is 17.0. The summed E-state index contributed by atoms with van der Waals surface area (Å²) in [6.45, 7) is 2.71. The van der Waals surface area contributed by atoms with E-state index in [1.54, 1.807) is 30.3 Å². The van der Waals surface area contributed by atoms with Gasteiger partial charge in [0.05, 0.1) is 34.1 Å². The van der Waals surface area contributed by atoms with Crippen LogP contribution in [0.15, 0.2) is 35.2 Å². The van der Waals surface area contributed by atoms with Gasteiger partial charge >= 0.3 is 0 Å². The van der Waals surface area contributed by atoms with Gasteiger partial charge in [-0.3, -0.25) is 4.79 Å². The van der Waals surface area contributed by atoms with Gasteiger partial charge in [0.15, 0.2) is 0 Å². The molecule has 0 radical (unpaired) electrons. The van der Waals surface area contributed by atoms with Crippen molar-refractivity contribution in [1.29, 1.82) is 4.78 Å². The van der Waals surface area contributed by atoms with Crippen LogP contribution in [0.5, 0.6) is 0 Å². The minimum atomic E-state index is -2.90. The van der Waals surface area contributed by atoms with Gasteiger partial charge in [-0.25, -0.2) is 22.8 Å². The molecule has 2 N–H and O–H groups in total. The summed E-state index contributed by atoms with van der Waals surface area (Å²) in [7, 11) is -2.90. The topological polar surface area (TPSA) is 89.4 Å². The molecule has 6 rings (SSSR count). The molecule has 4 fully saturated rings. The Hall–Kier alpha value is -2.75. The van der Waals surface area contributed by atoms with Gasteiger partial charge in [-0.05, 0) is 86.8 Å². The van der Waals surface area contributed by atoms with Gasteiger partial charge in [-0.1, -0.05) is 0 Å². The van der Waals surface area contributed by atoms with Crippen LogP contribution >= 0.6 is 0 Å². The standard InChI is InChI=1S/C26H31F2N5O2S/c1-17-12-22(30-23(13-17)33-15-26(27,28)16-33)31-24(34)20-5-4-19(36(29,35)18-2-3-18)14-21(20)32-10-8-25(6-7-25)9-11-32/h4-5,12-14,18,29H,2-3,6-11,15-16H2,1H3,(H,30,31,34)/t36-/m0/s1. The first-order valence-electron chi connectivity index (χ1n) is 12.6. The van der Waals surface area contributed by atoms with Crippen LogP contribution in [0.1, 0.15) is 54.4 Å². The van der Waals surface area contributed by atoms with Crippen molar-refractivity contribution in [3.8, 4) is 0 Å². The maximum Gasteiger partial charge on any atom is 0.282 e. The molecule has 2 saturated carbocycles. The molecule has 36 heavy (non-hydrogen) atoms. The molecule has 1 aromatic carbocycles. The van der Waals surface area contributed by atoms with E-state index in [4.69, 9.17) is 4.78 Å². The molecule has 1 atom stereocenters. The van der Waals surface area contributed by atoms with Crippen LogP contribution in [0.2, 0.25) is 0 Å². The summed E-state index contributed by atoms with van der Waals surface area (Å²) in [4.78, 5) is 22.0. The van der Waals surface area contributed by atoms with Crippen LogP contribution in [0.25, 0.3) is 0 Å². The zero-order valence-corrected chi connectivity index (χ0v) is 21.2. The number of aromatic nitrogens is 1. The molecule has 0 bridgehead atoms.